The lowest BCUT2D eigenvalue weighted by Gasteiger charge is -2.21. The van der Waals surface area contributed by atoms with Crippen molar-refractivity contribution in [3.63, 3.8) is 0 Å². The van der Waals surface area contributed by atoms with Gasteiger partial charge >= 0.3 is 0 Å². The van der Waals surface area contributed by atoms with Crippen LogP contribution in [0.15, 0.2) is 118 Å². The molecule has 0 saturated heterocycles. The molecule has 0 aliphatic rings. The van der Waals surface area contributed by atoms with Crippen LogP contribution in [0, 0.1) is 0 Å². The Balaban J connectivity index is 1.64. The van der Waals surface area contributed by atoms with Crippen molar-refractivity contribution in [2.45, 2.75) is 24.3 Å². The number of anilines is 1. The van der Waals surface area contributed by atoms with Gasteiger partial charge in [-0.15, -0.1) is 0 Å². The van der Waals surface area contributed by atoms with Crippen LogP contribution in [-0.4, -0.2) is 30.2 Å². The SMILES string of the molecule is CC(=O)Nc1ccc(S(=O)(=O)NC(Cc2ccccc2)c2nc3ccccc3c(=O)n2/N=C/c2ccccc2Cl)cc1. The molecule has 1 amide bonds. The number of carbonyl (C=O) groups excluding carboxylic acids is 1. The Morgan fingerprint density at radius 3 is 2.33 bits per heavy atom. The molecule has 212 valence electrons. The Hall–Kier alpha value is -4.64. The van der Waals surface area contributed by atoms with Gasteiger partial charge in [0.25, 0.3) is 5.56 Å². The van der Waals surface area contributed by atoms with Crippen LogP contribution in [0.3, 0.4) is 0 Å². The van der Waals surface area contributed by atoms with Gasteiger partial charge in [-0.05, 0) is 54.4 Å². The van der Waals surface area contributed by atoms with E-state index in [0.29, 0.717) is 27.2 Å². The van der Waals surface area contributed by atoms with Crippen LogP contribution in [0.25, 0.3) is 10.9 Å². The number of amides is 1. The van der Waals surface area contributed by atoms with E-state index in [1.54, 1.807) is 48.5 Å². The summed E-state index contributed by atoms with van der Waals surface area (Å²) in [6.07, 6.45) is 1.62. The van der Waals surface area contributed by atoms with E-state index in [1.165, 1.54) is 37.4 Å². The molecule has 5 aromatic rings. The highest BCUT2D eigenvalue weighted by atomic mass is 35.5. The molecule has 1 unspecified atom stereocenters. The monoisotopic (exact) mass is 599 g/mol. The summed E-state index contributed by atoms with van der Waals surface area (Å²) in [6, 6.07) is 27.9. The molecule has 42 heavy (non-hydrogen) atoms. The third kappa shape index (κ3) is 6.63. The summed E-state index contributed by atoms with van der Waals surface area (Å²) in [7, 11) is -4.12. The maximum atomic E-state index is 13.7. The summed E-state index contributed by atoms with van der Waals surface area (Å²) in [5, 5.41) is 7.83. The Labute approximate surface area is 247 Å². The molecule has 0 saturated carbocycles. The molecule has 0 radical (unpaired) electrons. The first kappa shape index (κ1) is 28.9. The van der Waals surface area contributed by atoms with Gasteiger partial charge in [0.05, 0.1) is 28.1 Å². The Morgan fingerprint density at radius 1 is 0.952 bits per heavy atom. The van der Waals surface area contributed by atoms with Gasteiger partial charge in [-0.1, -0.05) is 72.3 Å². The van der Waals surface area contributed by atoms with E-state index in [4.69, 9.17) is 16.6 Å². The number of para-hydroxylation sites is 1. The molecule has 5 rings (SSSR count). The van der Waals surface area contributed by atoms with Crippen molar-refractivity contribution in [2.24, 2.45) is 5.10 Å². The predicted molar refractivity (Wildman–Crippen MR) is 164 cm³/mol. The number of benzene rings is 4. The van der Waals surface area contributed by atoms with Crippen molar-refractivity contribution in [3.8, 4) is 0 Å². The van der Waals surface area contributed by atoms with Gasteiger partial charge in [-0.3, -0.25) is 9.59 Å². The van der Waals surface area contributed by atoms with E-state index in [-0.39, 0.29) is 23.0 Å². The van der Waals surface area contributed by atoms with Gasteiger partial charge in [0, 0.05) is 23.2 Å². The first-order valence-electron chi connectivity index (χ1n) is 13.0. The standard InChI is InChI=1S/C31H26ClN5O4S/c1-21(38)34-24-15-17-25(18-16-24)42(40,41)36-29(19-22-9-3-2-4-10-22)30-35-28-14-8-6-12-26(28)31(39)37(30)33-20-23-11-5-7-13-27(23)32/h2-18,20,29,36H,19H2,1H3,(H,34,38)/b33-20+. The number of nitrogens with one attached hydrogen (secondary N) is 2. The van der Waals surface area contributed by atoms with Crippen LogP contribution in [-0.2, 0) is 21.2 Å². The molecule has 9 nitrogen and oxygen atoms in total. The third-order valence-electron chi connectivity index (χ3n) is 6.37. The van der Waals surface area contributed by atoms with Crippen molar-refractivity contribution in [1.29, 1.82) is 0 Å². The molecule has 0 aliphatic carbocycles. The molecule has 2 N–H and O–H groups in total. The number of nitrogens with zero attached hydrogens (tertiary/aromatic N) is 3. The number of halogens is 1. The van der Waals surface area contributed by atoms with E-state index < -0.39 is 21.6 Å². The topological polar surface area (TPSA) is 123 Å². The van der Waals surface area contributed by atoms with Crippen molar-refractivity contribution in [1.82, 2.24) is 14.4 Å². The minimum Gasteiger partial charge on any atom is -0.326 e. The number of hydrogen-bond acceptors (Lipinski definition) is 6. The molecule has 0 aliphatic heterocycles. The number of carbonyl (C=O) groups is 1. The van der Waals surface area contributed by atoms with Crippen molar-refractivity contribution in [2.75, 3.05) is 5.32 Å². The van der Waals surface area contributed by atoms with Gasteiger partial charge in [-0.25, -0.2) is 18.1 Å². The second-order valence-corrected chi connectivity index (χ2v) is 11.6. The first-order chi connectivity index (χ1) is 20.2. The van der Waals surface area contributed by atoms with Crippen molar-refractivity contribution in [3.05, 3.63) is 135 Å². The van der Waals surface area contributed by atoms with E-state index in [2.05, 4.69) is 15.1 Å². The van der Waals surface area contributed by atoms with Crippen molar-refractivity contribution < 1.29 is 13.2 Å². The van der Waals surface area contributed by atoms with E-state index in [0.717, 1.165) is 10.2 Å². The number of rotatable bonds is 9. The van der Waals surface area contributed by atoms with Gasteiger partial charge in [0.1, 0.15) is 0 Å². The molecule has 1 aromatic heterocycles. The minimum atomic E-state index is -4.12. The summed E-state index contributed by atoms with van der Waals surface area (Å²) < 4.78 is 31.2. The molecule has 4 aromatic carbocycles. The Bertz CT molecular complexity index is 1940. The average Bonchev–Trinajstić information content (AvgIpc) is 2.97. The van der Waals surface area contributed by atoms with Gasteiger partial charge < -0.3 is 5.32 Å². The quantitative estimate of drug-likeness (QED) is 0.227. The zero-order chi connectivity index (χ0) is 29.7. The Morgan fingerprint density at radius 2 is 1.62 bits per heavy atom. The number of sulfonamides is 1. The zero-order valence-corrected chi connectivity index (χ0v) is 24.0. The highest BCUT2D eigenvalue weighted by Gasteiger charge is 2.27. The molecule has 1 atom stereocenters. The fraction of sp³-hybridized carbons (Fsp3) is 0.0968. The van der Waals surface area contributed by atoms with E-state index in [1.807, 2.05) is 30.3 Å². The summed E-state index contributed by atoms with van der Waals surface area (Å²) in [6.45, 7) is 1.37. The lowest BCUT2D eigenvalue weighted by Crippen LogP contribution is -2.35. The molecule has 11 heteroatoms. The molecule has 0 bridgehead atoms. The molecule has 0 spiro atoms. The molecule has 0 fully saturated rings. The van der Waals surface area contributed by atoms with Gasteiger partial charge in [0.2, 0.25) is 15.9 Å². The van der Waals surface area contributed by atoms with E-state index in [9.17, 15) is 18.0 Å². The normalized spacial score (nSPS) is 12.4. The highest BCUT2D eigenvalue weighted by molar-refractivity contribution is 7.89. The summed E-state index contributed by atoms with van der Waals surface area (Å²) >= 11 is 6.32. The van der Waals surface area contributed by atoms with Crippen molar-refractivity contribution >= 4 is 50.3 Å². The first-order valence-corrected chi connectivity index (χ1v) is 14.8. The molecule has 1 heterocycles. The largest absolute Gasteiger partial charge is 0.326 e. The van der Waals surface area contributed by atoms with Crippen LogP contribution in [0.5, 0.6) is 0 Å². The Kier molecular flexibility index (Phi) is 8.58. The third-order valence-corrected chi connectivity index (χ3v) is 8.20. The van der Waals surface area contributed by atoms with Gasteiger partial charge in [0.15, 0.2) is 5.82 Å². The lowest BCUT2D eigenvalue weighted by molar-refractivity contribution is -0.114. The summed E-state index contributed by atoms with van der Waals surface area (Å²) in [5.74, 6) is -0.173. The second kappa shape index (κ2) is 12.5. The van der Waals surface area contributed by atoms with Crippen LogP contribution in [0.1, 0.15) is 29.9 Å². The van der Waals surface area contributed by atoms with Crippen LogP contribution >= 0.6 is 11.6 Å². The fourth-order valence-electron chi connectivity index (χ4n) is 4.39. The maximum absolute atomic E-state index is 13.7. The minimum absolute atomic E-state index is 0.0241. The smallest absolute Gasteiger partial charge is 0.282 e. The lowest BCUT2D eigenvalue weighted by atomic mass is 10.1. The van der Waals surface area contributed by atoms with Crippen LogP contribution in [0.2, 0.25) is 5.02 Å². The fourth-order valence-corrected chi connectivity index (χ4v) is 5.77. The average molecular weight is 600 g/mol. The number of hydrogen-bond donors (Lipinski definition) is 2. The van der Waals surface area contributed by atoms with E-state index >= 15 is 0 Å². The second-order valence-electron chi connectivity index (χ2n) is 9.44. The number of fused-ring (bicyclic) bond motifs is 1. The maximum Gasteiger partial charge on any atom is 0.282 e. The summed E-state index contributed by atoms with van der Waals surface area (Å²) in [4.78, 5) is 29.8. The number of aromatic nitrogens is 2. The van der Waals surface area contributed by atoms with Crippen LogP contribution < -0.4 is 15.6 Å². The highest BCUT2D eigenvalue weighted by Crippen LogP contribution is 2.23. The summed E-state index contributed by atoms with van der Waals surface area (Å²) in [5.41, 5.74) is 1.79. The molecular weight excluding hydrogens is 574 g/mol. The van der Waals surface area contributed by atoms with Crippen LogP contribution in [0.4, 0.5) is 5.69 Å². The predicted octanol–water partition coefficient (Wildman–Crippen LogP) is 5.15. The molecular formula is C31H26ClN5O4S. The van der Waals surface area contributed by atoms with Gasteiger partial charge in [-0.2, -0.15) is 9.78 Å². The zero-order valence-electron chi connectivity index (χ0n) is 22.4.